The molecule has 10 heteroatoms. The molecule has 0 spiro atoms. The molecule has 230 valence electrons. The van der Waals surface area contributed by atoms with E-state index >= 15 is 0 Å². The Morgan fingerprint density at radius 2 is 1.52 bits per heavy atom. The van der Waals surface area contributed by atoms with Gasteiger partial charge in [0.25, 0.3) is 10.0 Å². The topological polar surface area (TPSA) is 86.8 Å². The molecule has 4 rings (SSSR count). The van der Waals surface area contributed by atoms with Gasteiger partial charge < -0.3 is 10.2 Å². The van der Waals surface area contributed by atoms with E-state index in [1.54, 1.807) is 55.5 Å². The van der Waals surface area contributed by atoms with Crippen LogP contribution in [0, 0.1) is 13.8 Å². The largest absolute Gasteiger partial charge is 0.355 e. The van der Waals surface area contributed by atoms with Crippen molar-refractivity contribution in [1.29, 1.82) is 0 Å². The molecule has 0 aliphatic heterocycles. The number of aryl methyl sites for hydroxylation is 1. The molecule has 0 fully saturated rings. The van der Waals surface area contributed by atoms with E-state index < -0.39 is 28.5 Å². The highest BCUT2D eigenvalue weighted by atomic mass is 35.5. The lowest BCUT2D eigenvalue weighted by atomic mass is 10.0. The molecule has 0 radical (unpaired) electrons. The van der Waals surface area contributed by atoms with Crippen molar-refractivity contribution >= 4 is 50.7 Å². The van der Waals surface area contributed by atoms with E-state index in [0.717, 1.165) is 21.0 Å². The van der Waals surface area contributed by atoms with E-state index in [1.165, 1.54) is 17.0 Å². The number of hydrogen-bond donors (Lipinski definition) is 1. The monoisotopic (exact) mass is 651 g/mol. The van der Waals surface area contributed by atoms with E-state index in [1.807, 2.05) is 50.2 Å². The molecular weight excluding hydrogens is 617 g/mol. The minimum absolute atomic E-state index is 0.0461. The molecule has 0 bridgehead atoms. The van der Waals surface area contributed by atoms with Crippen molar-refractivity contribution in [2.24, 2.45) is 0 Å². The van der Waals surface area contributed by atoms with Crippen molar-refractivity contribution in [2.45, 2.75) is 44.7 Å². The number of halogens is 2. The molecule has 0 aromatic heterocycles. The van der Waals surface area contributed by atoms with Crippen molar-refractivity contribution in [1.82, 2.24) is 10.2 Å². The van der Waals surface area contributed by atoms with Crippen LogP contribution in [-0.4, -0.2) is 44.3 Å². The van der Waals surface area contributed by atoms with Gasteiger partial charge in [-0.25, -0.2) is 8.42 Å². The average Bonchev–Trinajstić information content (AvgIpc) is 3.01. The Labute approximate surface area is 269 Å². The van der Waals surface area contributed by atoms with Crippen molar-refractivity contribution in [3.8, 4) is 0 Å². The van der Waals surface area contributed by atoms with Crippen molar-refractivity contribution in [3.05, 3.63) is 129 Å². The standard InChI is InChI=1S/C34H35Cl2N3O4S/c1-4-37-34(41)32(20-26-13-7-5-8-14-26)38(22-27-18-19-28(35)21-30(27)36)33(40)23-39(31-17-11-12-24(2)25(31)3)44(42,43)29-15-9-6-10-16-29/h5-19,21,32H,4,20,22-23H2,1-3H3,(H,37,41). The molecule has 0 heterocycles. The third-order valence-corrected chi connectivity index (χ3v) is 9.79. The Bertz CT molecular complexity index is 1720. The molecule has 1 unspecified atom stereocenters. The van der Waals surface area contributed by atoms with Gasteiger partial charge in [0.15, 0.2) is 0 Å². The first-order valence-corrected chi connectivity index (χ1v) is 16.4. The molecule has 7 nitrogen and oxygen atoms in total. The highest BCUT2D eigenvalue weighted by Gasteiger charge is 2.35. The van der Waals surface area contributed by atoms with Crippen LogP contribution >= 0.6 is 23.2 Å². The van der Waals surface area contributed by atoms with E-state index in [9.17, 15) is 18.0 Å². The lowest BCUT2D eigenvalue weighted by Crippen LogP contribution is -2.53. The molecule has 0 saturated carbocycles. The van der Waals surface area contributed by atoms with Crippen LogP contribution in [0.4, 0.5) is 5.69 Å². The summed E-state index contributed by atoms with van der Waals surface area (Å²) in [6.07, 6.45) is 0.207. The predicted octanol–water partition coefficient (Wildman–Crippen LogP) is 6.58. The molecule has 2 amide bonds. The summed E-state index contributed by atoms with van der Waals surface area (Å²) in [5, 5.41) is 3.60. The maximum absolute atomic E-state index is 14.5. The summed E-state index contributed by atoms with van der Waals surface area (Å²) in [6, 6.07) is 26.6. The number of benzene rings is 4. The number of hydrogen-bond acceptors (Lipinski definition) is 4. The van der Waals surface area contributed by atoms with Gasteiger partial charge in [0.05, 0.1) is 10.6 Å². The number of carbonyl (C=O) groups excluding carboxylic acids is 2. The minimum Gasteiger partial charge on any atom is -0.355 e. The number of nitrogens with one attached hydrogen (secondary N) is 1. The van der Waals surface area contributed by atoms with Gasteiger partial charge in [0.2, 0.25) is 11.8 Å². The number of amides is 2. The fourth-order valence-electron chi connectivity index (χ4n) is 4.92. The zero-order chi connectivity index (χ0) is 31.9. The summed E-state index contributed by atoms with van der Waals surface area (Å²) in [5.41, 5.74) is 3.38. The van der Waals surface area contributed by atoms with Crippen molar-refractivity contribution < 1.29 is 18.0 Å². The maximum Gasteiger partial charge on any atom is 0.264 e. The minimum atomic E-state index is -4.18. The second-order valence-electron chi connectivity index (χ2n) is 10.4. The predicted molar refractivity (Wildman–Crippen MR) is 177 cm³/mol. The quantitative estimate of drug-likeness (QED) is 0.187. The van der Waals surface area contributed by atoms with Gasteiger partial charge in [-0.1, -0.05) is 89.9 Å². The zero-order valence-electron chi connectivity index (χ0n) is 24.8. The fourth-order valence-corrected chi connectivity index (χ4v) is 6.88. The number of sulfonamides is 1. The van der Waals surface area contributed by atoms with Gasteiger partial charge in [0.1, 0.15) is 12.6 Å². The summed E-state index contributed by atoms with van der Waals surface area (Å²) in [7, 11) is -4.18. The Kier molecular flexibility index (Phi) is 11.1. The van der Waals surface area contributed by atoms with Crippen LogP contribution in [0.3, 0.4) is 0 Å². The lowest BCUT2D eigenvalue weighted by Gasteiger charge is -2.34. The van der Waals surface area contributed by atoms with Crippen LogP contribution in [0.15, 0.2) is 102 Å². The normalized spacial score (nSPS) is 11.9. The van der Waals surface area contributed by atoms with Gasteiger partial charge in [-0.05, 0) is 73.4 Å². The highest BCUT2D eigenvalue weighted by Crippen LogP contribution is 2.30. The number of rotatable bonds is 12. The molecular formula is C34H35Cl2N3O4S. The first kappa shape index (κ1) is 33.1. The molecule has 0 aliphatic rings. The lowest BCUT2D eigenvalue weighted by molar-refractivity contribution is -0.140. The molecule has 44 heavy (non-hydrogen) atoms. The van der Waals surface area contributed by atoms with E-state index in [0.29, 0.717) is 27.8 Å². The Morgan fingerprint density at radius 3 is 2.16 bits per heavy atom. The first-order chi connectivity index (χ1) is 21.0. The van der Waals surface area contributed by atoms with Crippen LogP contribution < -0.4 is 9.62 Å². The Balaban J connectivity index is 1.84. The smallest absolute Gasteiger partial charge is 0.264 e. The van der Waals surface area contributed by atoms with Crippen molar-refractivity contribution in [2.75, 3.05) is 17.4 Å². The molecule has 0 saturated heterocycles. The van der Waals surface area contributed by atoms with Gasteiger partial charge in [-0.2, -0.15) is 0 Å². The van der Waals surface area contributed by atoms with Gasteiger partial charge in [-0.15, -0.1) is 0 Å². The Hall–Kier alpha value is -3.85. The van der Waals surface area contributed by atoms with Gasteiger partial charge in [-0.3, -0.25) is 13.9 Å². The molecule has 1 atom stereocenters. The Morgan fingerprint density at radius 1 is 0.864 bits per heavy atom. The molecule has 4 aromatic rings. The molecule has 4 aromatic carbocycles. The van der Waals surface area contributed by atoms with E-state index in [4.69, 9.17) is 23.2 Å². The third kappa shape index (κ3) is 7.80. The number of nitrogens with zero attached hydrogens (tertiary/aromatic N) is 2. The zero-order valence-corrected chi connectivity index (χ0v) is 27.2. The SMILES string of the molecule is CCNC(=O)C(Cc1ccccc1)N(Cc1ccc(Cl)cc1Cl)C(=O)CN(c1cccc(C)c1C)S(=O)(=O)c1ccccc1. The summed E-state index contributed by atoms with van der Waals surface area (Å²) < 4.78 is 29.4. The molecule has 1 N–H and O–H groups in total. The first-order valence-electron chi connectivity index (χ1n) is 14.2. The van der Waals surface area contributed by atoms with Crippen LogP contribution in [0.2, 0.25) is 10.0 Å². The fraction of sp³-hybridized carbons (Fsp3) is 0.235. The maximum atomic E-state index is 14.5. The molecule has 0 aliphatic carbocycles. The highest BCUT2D eigenvalue weighted by molar-refractivity contribution is 7.92. The number of likely N-dealkylation sites (N-methyl/N-ethyl adjacent to an activating group) is 1. The summed E-state index contributed by atoms with van der Waals surface area (Å²) in [4.78, 5) is 29.6. The van der Waals surface area contributed by atoms with Crippen LogP contribution in [0.1, 0.15) is 29.2 Å². The van der Waals surface area contributed by atoms with Gasteiger partial charge >= 0.3 is 0 Å². The summed E-state index contributed by atoms with van der Waals surface area (Å²) >= 11 is 12.7. The number of anilines is 1. The second-order valence-corrected chi connectivity index (χ2v) is 13.1. The summed E-state index contributed by atoms with van der Waals surface area (Å²) in [5.74, 6) is -0.928. The third-order valence-electron chi connectivity index (χ3n) is 7.43. The van der Waals surface area contributed by atoms with Crippen LogP contribution in [-0.2, 0) is 32.6 Å². The summed E-state index contributed by atoms with van der Waals surface area (Å²) in [6.45, 7) is 5.26. The van der Waals surface area contributed by atoms with Crippen LogP contribution in [0.5, 0.6) is 0 Å². The van der Waals surface area contributed by atoms with E-state index in [2.05, 4.69) is 5.32 Å². The van der Waals surface area contributed by atoms with E-state index in [-0.39, 0.29) is 23.8 Å². The van der Waals surface area contributed by atoms with Gasteiger partial charge in [0, 0.05) is 29.6 Å². The number of carbonyl (C=O) groups is 2. The van der Waals surface area contributed by atoms with Crippen LogP contribution in [0.25, 0.3) is 0 Å². The average molecular weight is 653 g/mol. The second kappa shape index (κ2) is 14.8. The van der Waals surface area contributed by atoms with Crippen molar-refractivity contribution in [3.63, 3.8) is 0 Å².